The summed E-state index contributed by atoms with van der Waals surface area (Å²) >= 11 is 0. The molecule has 130 valence electrons. The van der Waals surface area contributed by atoms with E-state index in [0.29, 0.717) is 12.6 Å². The summed E-state index contributed by atoms with van der Waals surface area (Å²) in [7, 11) is 1.69. The Morgan fingerprint density at radius 3 is 2.50 bits per heavy atom. The average Bonchev–Trinajstić information content (AvgIpc) is 2.64. The van der Waals surface area contributed by atoms with E-state index in [1.807, 2.05) is 6.07 Å². The zero-order valence-electron chi connectivity index (χ0n) is 15.0. The predicted molar refractivity (Wildman–Crippen MR) is 99.8 cm³/mol. The normalized spacial score (nSPS) is 12.0. The van der Waals surface area contributed by atoms with Crippen molar-refractivity contribution in [1.29, 1.82) is 0 Å². The largest absolute Gasteiger partial charge is 0.493 e. The van der Waals surface area contributed by atoms with Gasteiger partial charge in [0.15, 0.2) is 11.5 Å². The predicted octanol–water partition coefficient (Wildman–Crippen LogP) is 4.59. The maximum absolute atomic E-state index is 5.70. The molecule has 1 atom stereocenters. The van der Waals surface area contributed by atoms with Crippen LogP contribution in [0.25, 0.3) is 0 Å². The fraction of sp³-hybridized carbons (Fsp3) is 0.429. The molecule has 0 aliphatic rings. The van der Waals surface area contributed by atoms with Crippen molar-refractivity contribution >= 4 is 0 Å². The molecule has 0 saturated carbocycles. The van der Waals surface area contributed by atoms with Crippen LogP contribution in [0.4, 0.5) is 0 Å². The van der Waals surface area contributed by atoms with Crippen LogP contribution in [-0.4, -0.2) is 19.8 Å². The van der Waals surface area contributed by atoms with E-state index in [1.54, 1.807) is 7.11 Å². The molecule has 0 aliphatic carbocycles. The molecule has 0 fully saturated rings. The van der Waals surface area contributed by atoms with Gasteiger partial charge < -0.3 is 14.8 Å². The Bertz CT molecular complexity index is 598. The van der Waals surface area contributed by atoms with Crippen molar-refractivity contribution in [3.8, 4) is 11.5 Å². The maximum atomic E-state index is 5.70. The zero-order chi connectivity index (χ0) is 17.2. The van der Waals surface area contributed by atoms with Crippen LogP contribution in [0.1, 0.15) is 37.8 Å². The van der Waals surface area contributed by atoms with Crippen molar-refractivity contribution in [2.45, 2.75) is 45.7 Å². The number of rotatable bonds is 10. The van der Waals surface area contributed by atoms with Gasteiger partial charge in [0.2, 0.25) is 0 Å². The summed E-state index contributed by atoms with van der Waals surface area (Å²) in [5, 5.41) is 3.59. The van der Waals surface area contributed by atoms with Crippen LogP contribution in [-0.2, 0) is 13.0 Å². The average molecular weight is 327 g/mol. The SMILES string of the molecule is CCCOc1ccc(CN[C@H](C)CCc2ccccc2)cc1OC. The highest BCUT2D eigenvalue weighted by molar-refractivity contribution is 5.42. The molecule has 3 nitrogen and oxygen atoms in total. The Morgan fingerprint density at radius 1 is 1.00 bits per heavy atom. The van der Waals surface area contributed by atoms with Gasteiger partial charge in [-0.15, -0.1) is 0 Å². The molecule has 0 saturated heterocycles. The van der Waals surface area contributed by atoms with Crippen LogP contribution in [0, 0.1) is 0 Å². The van der Waals surface area contributed by atoms with Gasteiger partial charge in [0.25, 0.3) is 0 Å². The summed E-state index contributed by atoms with van der Waals surface area (Å²) in [6.45, 7) is 5.88. The lowest BCUT2D eigenvalue weighted by Gasteiger charge is -2.15. The molecule has 0 unspecified atom stereocenters. The summed E-state index contributed by atoms with van der Waals surface area (Å²) < 4.78 is 11.1. The molecule has 24 heavy (non-hydrogen) atoms. The molecule has 0 spiro atoms. The van der Waals surface area contributed by atoms with E-state index in [4.69, 9.17) is 9.47 Å². The minimum absolute atomic E-state index is 0.465. The molecule has 0 aliphatic heterocycles. The van der Waals surface area contributed by atoms with Gasteiger partial charge >= 0.3 is 0 Å². The first-order chi connectivity index (χ1) is 11.7. The van der Waals surface area contributed by atoms with E-state index in [0.717, 1.165) is 37.3 Å². The summed E-state index contributed by atoms with van der Waals surface area (Å²) in [6, 6.07) is 17.3. The zero-order valence-corrected chi connectivity index (χ0v) is 15.0. The van der Waals surface area contributed by atoms with E-state index in [9.17, 15) is 0 Å². The first-order valence-electron chi connectivity index (χ1n) is 8.80. The van der Waals surface area contributed by atoms with Crippen molar-refractivity contribution in [3.63, 3.8) is 0 Å². The van der Waals surface area contributed by atoms with E-state index in [1.165, 1.54) is 11.1 Å². The van der Waals surface area contributed by atoms with E-state index >= 15 is 0 Å². The minimum Gasteiger partial charge on any atom is -0.493 e. The molecule has 0 radical (unpaired) electrons. The summed E-state index contributed by atoms with van der Waals surface area (Å²) in [5.74, 6) is 1.62. The third-order valence-electron chi connectivity index (χ3n) is 4.05. The molecule has 2 aromatic carbocycles. The van der Waals surface area contributed by atoms with Gasteiger partial charge in [-0.25, -0.2) is 0 Å². The van der Waals surface area contributed by atoms with Crippen LogP contribution < -0.4 is 14.8 Å². The van der Waals surface area contributed by atoms with Crippen LogP contribution in [0.15, 0.2) is 48.5 Å². The number of benzene rings is 2. The first-order valence-corrected chi connectivity index (χ1v) is 8.80. The number of ether oxygens (including phenoxy) is 2. The Morgan fingerprint density at radius 2 is 1.79 bits per heavy atom. The minimum atomic E-state index is 0.465. The lowest BCUT2D eigenvalue weighted by molar-refractivity contribution is 0.294. The highest BCUT2D eigenvalue weighted by Gasteiger charge is 2.07. The molecule has 2 aromatic rings. The van der Waals surface area contributed by atoms with Gasteiger partial charge in [0.05, 0.1) is 13.7 Å². The number of methoxy groups -OCH3 is 1. The van der Waals surface area contributed by atoms with Crippen LogP contribution in [0.5, 0.6) is 11.5 Å². The molecular weight excluding hydrogens is 298 g/mol. The standard InChI is InChI=1S/C21H29NO2/c1-4-14-24-20-13-12-19(15-21(20)23-3)16-22-17(2)10-11-18-8-6-5-7-9-18/h5-9,12-13,15,17,22H,4,10-11,14,16H2,1-3H3/t17-/m1/s1. The Labute approximate surface area is 146 Å². The van der Waals surface area contributed by atoms with Gasteiger partial charge in [-0.2, -0.15) is 0 Å². The van der Waals surface area contributed by atoms with Gasteiger partial charge in [-0.05, 0) is 49.4 Å². The first kappa shape index (κ1) is 18.3. The van der Waals surface area contributed by atoms with Crippen molar-refractivity contribution in [3.05, 3.63) is 59.7 Å². The highest BCUT2D eigenvalue weighted by Crippen LogP contribution is 2.28. The van der Waals surface area contributed by atoms with Crippen LogP contribution in [0.3, 0.4) is 0 Å². The topological polar surface area (TPSA) is 30.5 Å². The van der Waals surface area contributed by atoms with Crippen molar-refractivity contribution in [2.75, 3.05) is 13.7 Å². The lowest BCUT2D eigenvalue weighted by Crippen LogP contribution is -2.26. The Balaban J connectivity index is 1.82. The third kappa shape index (κ3) is 5.89. The van der Waals surface area contributed by atoms with E-state index in [2.05, 4.69) is 61.6 Å². The second-order valence-corrected chi connectivity index (χ2v) is 6.14. The van der Waals surface area contributed by atoms with Crippen molar-refractivity contribution in [2.24, 2.45) is 0 Å². The molecule has 2 rings (SSSR count). The number of aryl methyl sites for hydroxylation is 1. The van der Waals surface area contributed by atoms with Gasteiger partial charge in [0, 0.05) is 12.6 Å². The summed E-state index contributed by atoms with van der Waals surface area (Å²) in [4.78, 5) is 0. The van der Waals surface area contributed by atoms with Crippen LogP contribution >= 0.6 is 0 Å². The Kier molecular flexibility index (Phi) is 7.63. The van der Waals surface area contributed by atoms with E-state index in [-0.39, 0.29) is 0 Å². The third-order valence-corrected chi connectivity index (χ3v) is 4.05. The van der Waals surface area contributed by atoms with Crippen LogP contribution in [0.2, 0.25) is 0 Å². The number of hydrogen-bond acceptors (Lipinski definition) is 3. The highest BCUT2D eigenvalue weighted by atomic mass is 16.5. The maximum Gasteiger partial charge on any atom is 0.161 e. The smallest absolute Gasteiger partial charge is 0.161 e. The monoisotopic (exact) mass is 327 g/mol. The van der Waals surface area contributed by atoms with Crippen molar-refractivity contribution < 1.29 is 9.47 Å². The quantitative estimate of drug-likeness (QED) is 0.692. The fourth-order valence-electron chi connectivity index (χ4n) is 2.58. The second-order valence-electron chi connectivity index (χ2n) is 6.14. The summed E-state index contributed by atoms with van der Waals surface area (Å²) in [5.41, 5.74) is 2.60. The Hall–Kier alpha value is -2.00. The van der Waals surface area contributed by atoms with Gasteiger partial charge in [0.1, 0.15) is 0 Å². The molecule has 0 bridgehead atoms. The van der Waals surface area contributed by atoms with E-state index < -0.39 is 0 Å². The molecule has 0 heterocycles. The number of hydrogen-bond donors (Lipinski definition) is 1. The number of nitrogens with one attached hydrogen (secondary N) is 1. The molecule has 0 amide bonds. The lowest BCUT2D eigenvalue weighted by atomic mass is 10.1. The molecule has 3 heteroatoms. The second kappa shape index (κ2) is 9.99. The molecule has 1 N–H and O–H groups in total. The van der Waals surface area contributed by atoms with Gasteiger partial charge in [-0.1, -0.05) is 43.3 Å². The molecular formula is C21H29NO2. The summed E-state index contributed by atoms with van der Waals surface area (Å²) in [6.07, 6.45) is 3.21. The van der Waals surface area contributed by atoms with Gasteiger partial charge in [-0.3, -0.25) is 0 Å². The molecule has 0 aromatic heterocycles. The van der Waals surface area contributed by atoms with Crippen molar-refractivity contribution in [1.82, 2.24) is 5.32 Å². The fourth-order valence-corrected chi connectivity index (χ4v) is 2.58.